The molecule has 0 saturated carbocycles. The van der Waals surface area contributed by atoms with Crippen molar-refractivity contribution in [1.29, 1.82) is 0 Å². The lowest BCUT2D eigenvalue weighted by Crippen LogP contribution is -2.51. The maximum Gasteiger partial charge on any atom is 0.316 e. The molecule has 1 rings (SSSR count). The Morgan fingerprint density at radius 1 is 1.14 bits per heavy atom. The Morgan fingerprint density at radius 2 is 1.73 bits per heavy atom. The summed E-state index contributed by atoms with van der Waals surface area (Å²) in [7, 11) is -4.98. The van der Waals surface area contributed by atoms with Crippen LogP contribution < -0.4 is 0 Å². The summed E-state index contributed by atoms with van der Waals surface area (Å²) in [6, 6.07) is 11.6. The molecule has 0 fully saturated rings. The first-order valence-electron chi connectivity index (χ1n) is 7.90. The molecule has 3 nitrogen and oxygen atoms in total. The van der Waals surface area contributed by atoms with Crippen molar-refractivity contribution < 1.29 is 12.3 Å². The van der Waals surface area contributed by atoms with Crippen molar-refractivity contribution in [2.75, 3.05) is 0 Å². The molecule has 0 aliphatic rings. The number of rotatable bonds is 9. The third-order valence-corrected chi connectivity index (χ3v) is 14.4. The first-order valence-corrected chi connectivity index (χ1v) is 17.3. The fraction of sp³-hybridized carbons (Fsp3) is 0.600. The standard InChI is InChI=1S/C15H30O3Si4/c1-14(15-11-9-8-10-12-15)13-22(7,18-21(4,5)6)17-20(3)16-19-2/h8-12,14,20H,13H2,1-7H3. The van der Waals surface area contributed by atoms with E-state index in [1.54, 1.807) is 0 Å². The van der Waals surface area contributed by atoms with Gasteiger partial charge >= 0.3 is 8.56 Å². The summed E-state index contributed by atoms with van der Waals surface area (Å²) in [4.78, 5) is 0. The van der Waals surface area contributed by atoms with E-state index in [4.69, 9.17) is 12.3 Å². The summed E-state index contributed by atoms with van der Waals surface area (Å²) in [6.07, 6.45) is 0. The molecular formula is C15H30O3Si4. The van der Waals surface area contributed by atoms with Gasteiger partial charge in [0.25, 0.3) is 9.28 Å². The van der Waals surface area contributed by atoms with Gasteiger partial charge in [0.15, 0.2) is 8.32 Å². The van der Waals surface area contributed by atoms with Crippen LogP contribution in [0.15, 0.2) is 30.3 Å². The fourth-order valence-corrected chi connectivity index (χ4v) is 15.4. The zero-order valence-corrected chi connectivity index (χ0v) is 19.1. The second-order valence-corrected chi connectivity index (χ2v) is 18.0. The normalized spacial score (nSPS) is 17.8. The molecule has 0 saturated heterocycles. The van der Waals surface area contributed by atoms with Crippen molar-refractivity contribution in [3.8, 4) is 0 Å². The largest absolute Gasteiger partial charge is 0.439 e. The smallest absolute Gasteiger partial charge is 0.316 e. The average molecular weight is 371 g/mol. The van der Waals surface area contributed by atoms with E-state index < -0.39 is 26.2 Å². The lowest BCUT2D eigenvalue weighted by molar-refractivity contribution is 0.346. The van der Waals surface area contributed by atoms with Gasteiger partial charge in [0.2, 0.25) is 9.76 Å². The lowest BCUT2D eigenvalue weighted by Gasteiger charge is -2.37. The van der Waals surface area contributed by atoms with Crippen LogP contribution in [0.5, 0.6) is 0 Å². The molecule has 0 N–H and O–H groups in total. The van der Waals surface area contributed by atoms with Gasteiger partial charge in [-0.25, -0.2) is 0 Å². The first-order chi connectivity index (χ1) is 10.2. The quantitative estimate of drug-likeness (QED) is 0.608. The second-order valence-electron chi connectivity index (χ2n) is 6.87. The Morgan fingerprint density at radius 3 is 2.23 bits per heavy atom. The molecule has 0 aliphatic carbocycles. The van der Waals surface area contributed by atoms with Crippen molar-refractivity contribution in [2.45, 2.75) is 58.2 Å². The van der Waals surface area contributed by atoms with E-state index in [1.807, 2.05) is 0 Å². The van der Waals surface area contributed by atoms with Crippen molar-refractivity contribution in [3.63, 3.8) is 0 Å². The molecule has 2 radical (unpaired) electrons. The van der Waals surface area contributed by atoms with Crippen molar-refractivity contribution in [1.82, 2.24) is 0 Å². The highest BCUT2D eigenvalue weighted by Crippen LogP contribution is 2.30. The summed E-state index contributed by atoms with van der Waals surface area (Å²) in [5, 5.41) is 0. The minimum atomic E-state index is -2.23. The lowest BCUT2D eigenvalue weighted by atomic mass is 10.0. The van der Waals surface area contributed by atoms with E-state index in [-0.39, 0.29) is 0 Å². The highest BCUT2D eigenvalue weighted by atomic mass is 28.5. The Hall–Kier alpha value is -0.0325. The van der Waals surface area contributed by atoms with E-state index in [9.17, 15) is 0 Å². The van der Waals surface area contributed by atoms with Gasteiger partial charge in [0.05, 0.1) is 0 Å². The van der Waals surface area contributed by atoms with Gasteiger partial charge in [-0.05, 0) is 56.8 Å². The van der Waals surface area contributed by atoms with Crippen LogP contribution in [0, 0.1) is 0 Å². The van der Waals surface area contributed by atoms with E-state index in [0.717, 1.165) is 6.04 Å². The van der Waals surface area contributed by atoms with Crippen molar-refractivity contribution in [2.24, 2.45) is 0 Å². The molecule has 0 aromatic heterocycles. The van der Waals surface area contributed by atoms with Crippen LogP contribution in [0.25, 0.3) is 0 Å². The minimum Gasteiger partial charge on any atom is -0.439 e. The van der Waals surface area contributed by atoms with Gasteiger partial charge in [-0.2, -0.15) is 0 Å². The first kappa shape index (κ1) is 20.0. The molecule has 1 aromatic carbocycles. The van der Waals surface area contributed by atoms with Crippen molar-refractivity contribution >= 4 is 35.9 Å². The van der Waals surface area contributed by atoms with Crippen LogP contribution >= 0.6 is 0 Å². The Labute approximate surface area is 142 Å². The average Bonchev–Trinajstić information content (AvgIpc) is 2.36. The Kier molecular flexibility index (Phi) is 7.93. The zero-order valence-electron chi connectivity index (χ0n) is 15.0. The van der Waals surface area contributed by atoms with Crippen LogP contribution in [0.4, 0.5) is 0 Å². The monoisotopic (exact) mass is 370 g/mol. The van der Waals surface area contributed by atoms with Gasteiger partial charge < -0.3 is 12.3 Å². The molecule has 0 amide bonds. The van der Waals surface area contributed by atoms with E-state index in [0.29, 0.717) is 15.7 Å². The van der Waals surface area contributed by atoms with Gasteiger partial charge in [0, 0.05) is 0 Å². The molecule has 3 unspecified atom stereocenters. The van der Waals surface area contributed by atoms with Crippen LogP contribution in [0.2, 0.25) is 45.3 Å². The van der Waals surface area contributed by atoms with Crippen LogP contribution in [-0.2, 0) is 12.3 Å². The Bertz CT molecular complexity index is 438. The molecule has 0 spiro atoms. The van der Waals surface area contributed by atoms with Gasteiger partial charge in [-0.15, -0.1) is 0 Å². The van der Waals surface area contributed by atoms with E-state index >= 15 is 0 Å². The molecule has 22 heavy (non-hydrogen) atoms. The molecule has 0 bridgehead atoms. The highest BCUT2D eigenvalue weighted by Gasteiger charge is 2.39. The summed E-state index contributed by atoms with van der Waals surface area (Å²) >= 11 is 0. The SMILES string of the molecule is C[Si]O[SiH](C)O[Si](C)(CC(C)c1ccccc1)O[Si](C)(C)C. The number of hydrogen-bond acceptors (Lipinski definition) is 3. The molecule has 0 aliphatic heterocycles. The third kappa shape index (κ3) is 7.49. The number of hydrogen-bond donors (Lipinski definition) is 0. The van der Waals surface area contributed by atoms with Crippen LogP contribution in [0.3, 0.4) is 0 Å². The topological polar surface area (TPSA) is 27.7 Å². The summed E-state index contributed by atoms with van der Waals surface area (Å²) in [5.74, 6) is 0.444. The fourth-order valence-electron chi connectivity index (χ4n) is 2.76. The molecule has 124 valence electrons. The second kappa shape index (κ2) is 8.72. The van der Waals surface area contributed by atoms with E-state index in [2.05, 4.69) is 76.5 Å². The molecular weight excluding hydrogens is 341 g/mol. The highest BCUT2D eigenvalue weighted by molar-refractivity contribution is 6.84. The van der Waals surface area contributed by atoms with Gasteiger partial charge in [0.1, 0.15) is 0 Å². The van der Waals surface area contributed by atoms with E-state index in [1.165, 1.54) is 5.56 Å². The molecule has 0 heterocycles. The molecule has 7 heteroatoms. The Balaban J connectivity index is 2.85. The van der Waals surface area contributed by atoms with Crippen molar-refractivity contribution in [3.05, 3.63) is 35.9 Å². The maximum absolute atomic E-state index is 6.55. The summed E-state index contributed by atoms with van der Waals surface area (Å²) in [6.45, 7) is 15.4. The third-order valence-electron chi connectivity index (χ3n) is 3.27. The van der Waals surface area contributed by atoms with Crippen LogP contribution in [-0.4, -0.2) is 35.9 Å². The predicted molar refractivity (Wildman–Crippen MR) is 103 cm³/mol. The van der Waals surface area contributed by atoms with Gasteiger partial charge in [-0.1, -0.05) is 37.3 Å². The minimum absolute atomic E-state index is 0.444. The summed E-state index contributed by atoms with van der Waals surface area (Å²) < 4.78 is 18.7. The van der Waals surface area contributed by atoms with Crippen LogP contribution in [0.1, 0.15) is 18.4 Å². The zero-order chi connectivity index (χ0) is 16.8. The maximum atomic E-state index is 6.55. The summed E-state index contributed by atoms with van der Waals surface area (Å²) in [5.41, 5.74) is 1.36. The van der Waals surface area contributed by atoms with Gasteiger partial charge in [-0.3, -0.25) is 0 Å². The predicted octanol–water partition coefficient (Wildman–Crippen LogP) is 4.26. The number of benzene rings is 1. The molecule has 3 atom stereocenters. The molecule has 1 aromatic rings.